The van der Waals surface area contributed by atoms with E-state index in [4.69, 9.17) is 0 Å². The summed E-state index contributed by atoms with van der Waals surface area (Å²) >= 11 is 1.51. The highest BCUT2D eigenvalue weighted by molar-refractivity contribution is 7.98. The molecule has 0 unspecified atom stereocenters. The molecule has 0 saturated heterocycles. The summed E-state index contributed by atoms with van der Waals surface area (Å²) in [6.07, 6.45) is 6.04. The van der Waals surface area contributed by atoms with E-state index in [9.17, 15) is 4.79 Å². The summed E-state index contributed by atoms with van der Waals surface area (Å²) in [5.74, 6) is 2.50. The van der Waals surface area contributed by atoms with Crippen LogP contribution in [0.25, 0.3) is 11.0 Å². The summed E-state index contributed by atoms with van der Waals surface area (Å²) in [4.78, 5) is 21.2. The van der Waals surface area contributed by atoms with Gasteiger partial charge in [-0.2, -0.15) is 0 Å². The molecule has 0 spiro atoms. The number of hydrogen-bond acceptors (Lipinski definition) is 4. The normalized spacial score (nSPS) is 31.5. The predicted molar refractivity (Wildman–Crippen MR) is 80.0 cm³/mol. The van der Waals surface area contributed by atoms with Crippen LogP contribution < -0.4 is 5.56 Å². The van der Waals surface area contributed by atoms with E-state index in [1.807, 2.05) is 23.1 Å². The highest BCUT2D eigenvalue weighted by Crippen LogP contribution is 2.60. The molecule has 2 aromatic heterocycles. The topological polar surface area (TPSA) is 47.8 Å². The molecule has 2 fully saturated rings. The SMILES string of the molecule is CSc1ncc2ccc(=O)n([C@@H]3C[C@@H]4[C@H](C)[C@@H]4C3)c2n1. The highest BCUT2D eigenvalue weighted by atomic mass is 32.2. The Morgan fingerprint density at radius 2 is 2.05 bits per heavy atom. The van der Waals surface area contributed by atoms with Gasteiger partial charge in [0.25, 0.3) is 5.56 Å². The maximum Gasteiger partial charge on any atom is 0.252 e. The summed E-state index contributed by atoms with van der Waals surface area (Å²) in [5.41, 5.74) is 0.873. The third-order valence-corrected chi connectivity index (χ3v) is 5.60. The first kappa shape index (κ1) is 12.4. The number of thioether (sulfide) groups is 1. The molecule has 0 radical (unpaired) electrons. The average Bonchev–Trinajstić information content (AvgIpc) is 2.89. The fraction of sp³-hybridized carbons (Fsp3) is 0.533. The van der Waals surface area contributed by atoms with Crippen molar-refractivity contribution in [2.24, 2.45) is 17.8 Å². The molecule has 0 N–H and O–H groups in total. The number of pyridine rings is 1. The zero-order valence-corrected chi connectivity index (χ0v) is 12.4. The molecule has 20 heavy (non-hydrogen) atoms. The van der Waals surface area contributed by atoms with E-state index in [0.717, 1.165) is 46.8 Å². The van der Waals surface area contributed by atoms with Crippen molar-refractivity contribution in [2.75, 3.05) is 6.26 Å². The minimum Gasteiger partial charge on any atom is -0.289 e. The Balaban J connectivity index is 1.85. The van der Waals surface area contributed by atoms with Crippen LogP contribution in [0.2, 0.25) is 0 Å². The van der Waals surface area contributed by atoms with Gasteiger partial charge in [0.2, 0.25) is 0 Å². The molecule has 0 bridgehead atoms. The van der Waals surface area contributed by atoms with Crippen molar-refractivity contribution in [3.63, 3.8) is 0 Å². The second kappa shape index (κ2) is 4.32. The lowest BCUT2D eigenvalue weighted by Gasteiger charge is -2.18. The molecule has 4 rings (SSSR count). The predicted octanol–water partition coefficient (Wildman–Crippen LogP) is 2.73. The lowest BCUT2D eigenvalue weighted by atomic mass is 10.1. The van der Waals surface area contributed by atoms with E-state index in [2.05, 4.69) is 16.9 Å². The Morgan fingerprint density at radius 1 is 1.30 bits per heavy atom. The molecule has 2 saturated carbocycles. The fourth-order valence-corrected chi connectivity index (χ4v) is 4.16. The van der Waals surface area contributed by atoms with E-state index >= 15 is 0 Å². The standard InChI is InChI=1S/C15H17N3OS/c1-8-11-5-10(6-12(8)11)18-13(19)4-3-9-7-16-15(20-2)17-14(9)18/h3-4,7-8,10-12H,5-6H2,1-2H3/t8-,10+,11+,12-. The van der Waals surface area contributed by atoms with Gasteiger partial charge in [0.05, 0.1) is 0 Å². The second-order valence-electron chi connectivity index (χ2n) is 5.99. The summed E-state index contributed by atoms with van der Waals surface area (Å²) in [7, 11) is 0. The zero-order chi connectivity index (χ0) is 13.9. The van der Waals surface area contributed by atoms with Gasteiger partial charge in [0.15, 0.2) is 5.16 Å². The van der Waals surface area contributed by atoms with Crippen molar-refractivity contribution in [3.05, 3.63) is 28.7 Å². The molecule has 5 heteroatoms. The summed E-state index contributed by atoms with van der Waals surface area (Å²) < 4.78 is 1.91. The van der Waals surface area contributed by atoms with E-state index in [1.165, 1.54) is 11.8 Å². The maximum absolute atomic E-state index is 12.3. The number of aromatic nitrogens is 3. The monoisotopic (exact) mass is 287 g/mol. The second-order valence-corrected chi connectivity index (χ2v) is 6.76. The Kier molecular flexibility index (Phi) is 2.67. The van der Waals surface area contributed by atoms with E-state index in [-0.39, 0.29) is 5.56 Å². The molecule has 4 atom stereocenters. The molecule has 0 aromatic carbocycles. The average molecular weight is 287 g/mol. The van der Waals surface area contributed by atoms with Crippen molar-refractivity contribution in [3.8, 4) is 0 Å². The first-order valence-electron chi connectivity index (χ1n) is 7.11. The van der Waals surface area contributed by atoms with Gasteiger partial charge in [-0.15, -0.1) is 0 Å². The fourth-order valence-electron chi connectivity index (χ4n) is 3.82. The number of hydrogen-bond donors (Lipinski definition) is 0. The third-order valence-electron chi connectivity index (χ3n) is 5.04. The molecular formula is C15H17N3OS. The molecule has 2 aliphatic carbocycles. The highest BCUT2D eigenvalue weighted by Gasteiger charge is 2.53. The number of fused-ring (bicyclic) bond motifs is 2. The quantitative estimate of drug-likeness (QED) is 0.629. The van der Waals surface area contributed by atoms with Crippen LogP contribution in [0.4, 0.5) is 0 Å². The lowest BCUT2D eigenvalue weighted by molar-refractivity contribution is 0.435. The van der Waals surface area contributed by atoms with Crippen LogP contribution in [-0.4, -0.2) is 20.8 Å². The molecule has 2 heterocycles. The smallest absolute Gasteiger partial charge is 0.252 e. The van der Waals surface area contributed by atoms with E-state index in [1.54, 1.807) is 6.07 Å². The Bertz CT molecular complexity index is 729. The Hall–Kier alpha value is -1.36. The molecule has 0 amide bonds. The van der Waals surface area contributed by atoms with Crippen LogP contribution in [0, 0.1) is 17.8 Å². The summed E-state index contributed by atoms with van der Waals surface area (Å²) in [6, 6.07) is 3.80. The van der Waals surface area contributed by atoms with Crippen molar-refractivity contribution >= 4 is 22.8 Å². The van der Waals surface area contributed by atoms with Crippen molar-refractivity contribution in [1.29, 1.82) is 0 Å². The van der Waals surface area contributed by atoms with Crippen LogP contribution in [0.15, 0.2) is 28.3 Å². The van der Waals surface area contributed by atoms with Crippen LogP contribution in [0.5, 0.6) is 0 Å². The van der Waals surface area contributed by atoms with Gasteiger partial charge in [-0.3, -0.25) is 9.36 Å². The molecular weight excluding hydrogens is 270 g/mol. The van der Waals surface area contributed by atoms with Crippen LogP contribution in [-0.2, 0) is 0 Å². The van der Waals surface area contributed by atoms with Gasteiger partial charge in [0, 0.05) is 23.7 Å². The van der Waals surface area contributed by atoms with Crippen LogP contribution in [0.3, 0.4) is 0 Å². The van der Waals surface area contributed by atoms with Gasteiger partial charge < -0.3 is 0 Å². The lowest BCUT2D eigenvalue weighted by Crippen LogP contribution is -2.25. The van der Waals surface area contributed by atoms with Crippen molar-refractivity contribution in [1.82, 2.24) is 14.5 Å². The summed E-state index contributed by atoms with van der Waals surface area (Å²) in [6.45, 7) is 2.32. The van der Waals surface area contributed by atoms with Gasteiger partial charge in [-0.25, -0.2) is 9.97 Å². The first-order chi connectivity index (χ1) is 9.69. The Labute approximate surface area is 121 Å². The molecule has 104 valence electrons. The summed E-state index contributed by atoms with van der Waals surface area (Å²) in [5, 5.41) is 1.68. The zero-order valence-electron chi connectivity index (χ0n) is 11.6. The Morgan fingerprint density at radius 3 is 2.75 bits per heavy atom. The van der Waals surface area contributed by atoms with Crippen LogP contribution in [0.1, 0.15) is 25.8 Å². The van der Waals surface area contributed by atoms with Gasteiger partial charge in [0.1, 0.15) is 5.65 Å². The van der Waals surface area contributed by atoms with Crippen molar-refractivity contribution in [2.45, 2.75) is 31.0 Å². The largest absolute Gasteiger partial charge is 0.289 e. The van der Waals surface area contributed by atoms with E-state index in [0.29, 0.717) is 6.04 Å². The minimum atomic E-state index is 0.0715. The van der Waals surface area contributed by atoms with Crippen molar-refractivity contribution < 1.29 is 0 Å². The van der Waals surface area contributed by atoms with E-state index < -0.39 is 0 Å². The number of nitrogens with zero attached hydrogens (tertiary/aromatic N) is 3. The van der Waals surface area contributed by atoms with Gasteiger partial charge in [-0.1, -0.05) is 18.7 Å². The molecule has 2 aromatic rings. The minimum absolute atomic E-state index is 0.0715. The molecule has 0 aliphatic heterocycles. The van der Waals surface area contributed by atoms with Crippen LogP contribution >= 0.6 is 11.8 Å². The van der Waals surface area contributed by atoms with Gasteiger partial charge in [-0.05, 0) is 42.9 Å². The third kappa shape index (κ3) is 1.72. The molecule has 4 nitrogen and oxygen atoms in total. The van der Waals surface area contributed by atoms with Gasteiger partial charge >= 0.3 is 0 Å². The molecule has 2 aliphatic rings. The maximum atomic E-state index is 12.3. The number of rotatable bonds is 2. The first-order valence-corrected chi connectivity index (χ1v) is 8.34.